The van der Waals surface area contributed by atoms with Gasteiger partial charge in [-0.05, 0) is 19.1 Å². The zero-order valence-corrected chi connectivity index (χ0v) is 9.40. The summed E-state index contributed by atoms with van der Waals surface area (Å²) in [5, 5.41) is 16.4. The van der Waals surface area contributed by atoms with E-state index in [1.54, 1.807) is 19.1 Å². The second-order valence-corrected chi connectivity index (χ2v) is 4.10. The predicted octanol–water partition coefficient (Wildman–Crippen LogP) is 1.06. The number of hydrogen-bond donors (Lipinski definition) is 2. The predicted molar refractivity (Wildman–Crippen MR) is 62.8 cm³/mol. The Balaban J connectivity index is 2.09. The Kier molecular flexibility index (Phi) is 3.06. The normalized spacial score (nSPS) is 15.1. The van der Waals surface area contributed by atoms with Gasteiger partial charge in [-0.15, -0.1) is 0 Å². The summed E-state index contributed by atoms with van der Waals surface area (Å²) in [5.74, 6) is -0.0394. The molecule has 0 aliphatic carbocycles. The lowest BCUT2D eigenvalue weighted by molar-refractivity contribution is -0.385. The third kappa shape index (κ3) is 2.42. The van der Waals surface area contributed by atoms with Crippen molar-refractivity contribution in [3.05, 3.63) is 33.9 Å². The second-order valence-electron chi connectivity index (χ2n) is 4.10. The number of anilines is 1. The Hall–Kier alpha value is -1.95. The molecule has 0 bridgehead atoms. The van der Waals surface area contributed by atoms with E-state index in [-0.39, 0.29) is 17.5 Å². The highest BCUT2D eigenvalue weighted by Gasteiger charge is 2.25. The van der Waals surface area contributed by atoms with E-state index >= 15 is 0 Å². The van der Waals surface area contributed by atoms with Crippen molar-refractivity contribution in [3.63, 3.8) is 0 Å². The van der Waals surface area contributed by atoms with E-state index in [9.17, 15) is 14.9 Å². The summed E-state index contributed by atoms with van der Waals surface area (Å²) in [6, 6.07) is 4.57. The van der Waals surface area contributed by atoms with Crippen molar-refractivity contribution in [1.82, 2.24) is 5.32 Å². The number of carbonyl (C=O) groups is 1. The van der Waals surface area contributed by atoms with Gasteiger partial charge in [0.15, 0.2) is 0 Å². The molecule has 0 saturated carbocycles. The van der Waals surface area contributed by atoms with Crippen molar-refractivity contribution in [2.45, 2.75) is 6.92 Å². The molecule has 1 heterocycles. The van der Waals surface area contributed by atoms with Crippen molar-refractivity contribution in [2.24, 2.45) is 5.92 Å². The zero-order chi connectivity index (χ0) is 12.4. The van der Waals surface area contributed by atoms with E-state index in [1.807, 2.05) is 0 Å². The van der Waals surface area contributed by atoms with Crippen molar-refractivity contribution in [3.8, 4) is 0 Å². The van der Waals surface area contributed by atoms with Crippen molar-refractivity contribution in [2.75, 3.05) is 18.4 Å². The Morgan fingerprint density at radius 3 is 2.71 bits per heavy atom. The number of hydrogen-bond acceptors (Lipinski definition) is 4. The molecule has 90 valence electrons. The highest BCUT2D eigenvalue weighted by Crippen LogP contribution is 2.22. The summed E-state index contributed by atoms with van der Waals surface area (Å²) in [7, 11) is 0. The molecule has 2 rings (SSSR count). The molecule has 1 aliphatic heterocycles. The smallest absolute Gasteiger partial charge is 0.272 e. The minimum absolute atomic E-state index is 0.00509. The van der Waals surface area contributed by atoms with Crippen LogP contribution in [0.5, 0.6) is 0 Å². The quantitative estimate of drug-likeness (QED) is 0.606. The summed E-state index contributed by atoms with van der Waals surface area (Å²) >= 11 is 0. The van der Waals surface area contributed by atoms with Crippen LogP contribution in [0.3, 0.4) is 0 Å². The van der Waals surface area contributed by atoms with Gasteiger partial charge in [0.25, 0.3) is 5.69 Å². The fourth-order valence-corrected chi connectivity index (χ4v) is 1.66. The molecule has 0 aromatic heterocycles. The zero-order valence-electron chi connectivity index (χ0n) is 9.40. The van der Waals surface area contributed by atoms with Crippen molar-refractivity contribution in [1.29, 1.82) is 0 Å². The van der Waals surface area contributed by atoms with Crippen LogP contribution in [0, 0.1) is 23.0 Å². The van der Waals surface area contributed by atoms with Crippen molar-refractivity contribution >= 4 is 17.3 Å². The van der Waals surface area contributed by atoms with Crippen LogP contribution in [-0.2, 0) is 4.79 Å². The number of rotatable bonds is 3. The number of aryl methyl sites for hydroxylation is 1. The number of nitro groups is 1. The molecule has 1 amide bonds. The average molecular weight is 235 g/mol. The molecule has 1 aliphatic rings. The Bertz CT molecular complexity index is 469. The minimum atomic E-state index is -0.434. The summed E-state index contributed by atoms with van der Waals surface area (Å²) in [4.78, 5) is 21.8. The lowest BCUT2D eigenvalue weighted by Gasteiger charge is -2.25. The molecule has 6 nitrogen and oxygen atoms in total. The third-order valence-electron chi connectivity index (χ3n) is 2.81. The first-order valence-electron chi connectivity index (χ1n) is 5.34. The Morgan fingerprint density at radius 2 is 2.24 bits per heavy atom. The number of amides is 1. The maximum atomic E-state index is 11.6. The lowest BCUT2D eigenvalue weighted by Crippen LogP contribution is -2.48. The summed E-state index contributed by atoms with van der Waals surface area (Å²) in [6.45, 7) is 3.04. The van der Waals surface area contributed by atoms with Crippen LogP contribution in [0.2, 0.25) is 0 Å². The molecular formula is C11H13N3O3. The topological polar surface area (TPSA) is 84.3 Å². The van der Waals surface area contributed by atoms with Gasteiger partial charge < -0.3 is 10.6 Å². The molecule has 6 heteroatoms. The molecule has 1 aromatic carbocycles. The van der Waals surface area contributed by atoms with Gasteiger partial charge in [-0.2, -0.15) is 0 Å². The fourth-order valence-electron chi connectivity index (χ4n) is 1.66. The maximum Gasteiger partial charge on any atom is 0.272 e. The van der Waals surface area contributed by atoms with E-state index in [2.05, 4.69) is 10.6 Å². The molecule has 1 saturated heterocycles. The molecule has 0 unspecified atom stereocenters. The van der Waals surface area contributed by atoms with Gasteiger partial charge in [0.1, 0.15) is 0 Å². The lowest BCUT2D eigenvalue weighted by atomic mass is 10.0. The largest absolute Gasteiger partial charge is 0.326 e. The third-order valence-corrected chi connectivity index (χ3v) is 2.81. The molecule has 1 aromatic rings. The van der Waals surface area contributed by atoms with Gasteiger partial charge in [-0.3, -0.25) is 14.9 Å². The van der Waals surface area contributed by atoms with E-state index in [0.717, 1.165) is 0 Å². The fraction of sp³-hybridized carbons (Fsp3) is 0.364. The molecule has 2 N–H and O–H groups in total. The molecule has 0 atom stereocenters. The molecular weight excluding hydrogens is 222 g/mol. The highest BCUT2D eigenvalue weighted by atomic mass is 16.6. The summed E-state index contributed by atoms with van der Waals surface area (Å²) in [5.41, 5.74) is 1.21. The number of nitrogens with one attached hydrogen (secondary N) is 2. The van der Waals surface area contributed by atoms with E-state index in [4.69, 9.17) is 0 Å². The standard InChI is InChI=1S/C11H13N3O3/c1-7-4-9(2-3-10(7)14(16)17)13-11(15)8-5-12-6-8/h2-4,8,12H,5-6H2,1H3,(H,13,15). The average Bonchev–Trinajstić information content (AvgIpc) is 2.13. The van der Waals surface area contributed by atoms with E-state index in [1.165, 1.54) is 6.07 Å². The molecule has 0 radical (unpaired) electrons. The Labute approximate surface area is 98.2 Å². The molecule has 1 fully saturated rings. The van der Waals surface area contributed by atoms with Crippen LogP contribution in [0.15, 0.2) is 18.2 Å². The number of nitrogens with zero attached hydrogens (tertiary/aromatic N) is 1. The van der Waals surface area contributed by atoms with Gasteiger partial charge in [0, 0.05) is 30.4 Å². The van der Waals surface area contributed by atoms with Crippen molar-refractivity contribution < 1.29 is 9.72 Å². The SMILES string of the molecule is Cc1cc(NC(=O)C2CNC2)ccc1[N+](=O)[O-]. The van der Waals surface area contributed by atoms with Gasteiger partial charge in [-0.25, -0.2) is 0 Å². The van der Waals surface area contributed by atoms with Crippen LogP contribution in [0.1, 0.15) is 5.56 Å². The van der Waals surface area contributed by atoms with Gasteiger partial charge in [0.2, 0.25) is 5.91 Å². The van der Waals surface area contributed by atoms with Crippen LogP contribution in [0.4, 0.5) is 11.4 Å². The van der Waals surface area contributed by atoms with Gasteiger partial charge in [0.05, 0.1) is 10.8 Å². The minimum Gasteiger partial charge on any atom is -0.326 e. The highest BCUT2D eigenvalue weighted by molar-refractivity contribution is 5.93. The second kappa shape index (κ2) is 4.50. The number of benzene rings is 1. The monoisotopic (exact) mass is 235 g/mol. The van der Waals surface area contributed by atoms with Crippen LogP contribution >= 0.6 is 0 Å². The number of nitro benzene ring substituents is 1. The van der Waals surface area contributed by atoms with Crippen LogP contribution in [0.25, 0.3) is 0 Å². The summed E-state index contributed by atoms with van der Waals surface area (Å²) < 4.78 is 0. The first kappa shape index (κ1) is 11.5. The first-order chi connectivity index (χ1) is 8.08. The van der Waals surface area contributed by atoms with Crippen LogP contribution in [-0.4, -0.2) is 23.9 Å². The van der Waals surface area contributed by atoms with Crippen LogP contribution < -0.4 is 10.6 Å². The van der Waals surface area contributed by atoms with Gasteiger partial charge in [-0.1, -0.05) is 0 Å². The number of carbonyl (C=O) groups excluding carboxylic acids is 1. The van der Waals surface area contributed by atoms with E-state index in [0.29, 0.717) is 24.3 Å². The Morgan fingerprint density at radius 1 is 1.53 bits per heavy atom. The van der Waals surface area contributed by atoms with Gasteiger partial charge >= 0.3 is 0 Å². The molecule has 17 heavy (non-hydrogen) atoms. The summed E-state index contributed by atoms with van der Waals surface area (Å²) in [6.07, 6.45) is 0. The first-order valence-corrected chi connectivity index (χ1v) is 5.34. The molecule has 0 spiro atoms. The maximum absolute atomic E-state index is 11.6. The van der Waals surface area contributed by atoms with E-state index < -0.39 is 4.92 Å².